The molecule has 1 N–H and O–H groups in total. The maximum absolute atomic E-state index is 15.7. The molecular formula is C30H38FNO4Si. The Morgan fingerprint density at radius 3 is 1.97 bits per heavy atom. The van der Waals surface area contributed by atoms with Gasteiger partial charge in [-0.25, -0.2) is 14.0 Å². The number of benzene rings is 2. The molecule has 7 heteroatoms. The van der Waals surface area contributed by atoms with Gasteiger partial charge in [-0.05, 0) is 67.0 Å². The van der Waals surface area contributed by atoms with Crippen LogP contribution in [0.1, 0.15) is 49.3 Å². The van der Waals surface area contributed by atoms with Crippen LogP contribution in [-0.2, 0) is 14.3 Å². The van der Waals surface area contributed by atoms with Gasteiger partial charge in [0, 0.05) is 8.07 Å². The second kappa shape index (κ2) is 9.90. The summed E-state index contributed by atoms with van der Waals surface area (Å²) >= 11 is 0. The molecule has 37 heavy (non-hydrogen) atoms. The van der Waals surface area contributed by atoms with Crippen LogP contribution in [0.2, 0.25) is 25.7 Å². The van der Waals surface area contributed by atoms with E-state index in [1.165, 1.54) is 0 Å². The lowest BCUT2D eigenvalue weighted by Gasteiger charge is -2.61. The molecule has 5 nitrogen and oxygen atoms in total. The van der Waals surface area contributed by atoms with Gasteiger partial charge in [-0.3, -0.25) is 0 Å². The summed E-state index contributed by atoms with van der Waals surface area (Å²) in [5, 5.41) is 3.00. The fourth-order valence-corrected chi connectivity index (χ4v) is 7.66. The van der Waals surface area contributed by atoms with Crippen molar-refractivity contribution in [2.45, 2.75) is 75.1 Å². The molecule has 5 atom stereocenters. The fraction of sp³-hybridized carbons (Fsp3) is 0.533. The highest BCUT2D eigenvalue weighted by Gasteiger charge is 2.67. The van der Waals surface area contributed by atoms with Crippen molar-refractivity contribution in [3.63, 3.8) is 0 Å². The molecule has 0 heterocycles. The zero-order valence-corrected chi connectivity index (χ0v) is 23.0. The molecule has 0 spiro atoms. The zero-order chi connectivity index (χ0) is 26.3. The third-order valence-electron chi connectivity index (χ3n) is 8.56. The van der Waals surface area contributed by atoms with Gasteiger partial charge in [0.15, 0.2) is 6.10 Å². The molecule has 2 aromatic carbocycles. The maximum atomic E-state index is 15.7. The summed E-state index contributed by atoms with van der Waals surface area (Å²) in [7, 11) is -1.40. The Morgan fingerprint density at radius 2 is 1.49 bits per heavy atom. The van der Waals surface area contributed by atoms with Crippen molar-refractivity contribution in [1.29, 1.82) is 0 Å². The number of ether oxygens (including phenoxy) is 2. The number of carbonyl (C=O) groups is 2. The van der Waals surface area contributed by atoms with E-state index in [4.69, 9.17) is 9.47 Å². The number of esters is 1. The van der Waals surface area contributed by atoms with Gasteiger partial charge in [0.2, 0.25) is 0 Å². The van der Waals surface area contributed by atoms with Crippen LogP contribution in [-0.4, -0.2) is 38.0 Å². The highest BCUT2D eigenvalue weighted by Crippen LogP contribution is 2.61. The minimum atomic E-state index is -1.40. The standard InChI is InChI=1S/C30H38FNO4Si/c1-37(2,3)15-14-35-28(34)32-30(24-16-21-17-25(30)20-29(31,18-21)19-24)27(33)36-26(22-10-6-4-7-11-22)23-12-8-5-9-13-23/h4-13,21,24-26H,14-20H2,1-3H3,(H,32,34)/t21-,24-,25+,29-,30+. The van der Waals surface area contributed by atoms with E-state index in [-0.39, 0.29) is 30.6 Å². The largest absolute Gasteiger partial charge is 0.451 e. The van der Waals surface area contributed by atoms with Crippen LogP contribution in [0.4, 0.5) is 9.18 Å². The summed E-state index contributed by atoms with van der Waals surface area (Å²) in [5.41, 5.74) is -0.853. The maximum Gasteiger partial charge on any atom is 0.408 e. The third-order valence-corrected chi connectivity index (χ3v) is 10.3. The molecule has 198 valence electrons. The van der Waals surface area contributed by atoms with Gasteiger partial charge < -0.3 is 14.8 Å². The fourth-order valence-electron chi connectivity index (χ4n) is 6.94. The first-order valence-corrected chi connectivity index (χ1v) is 17.2. The van der Waals surface area contributed by atoms with Gasteiger partial charge in [-0.2, -0.15) is 0 Å². The Bertz CT molecular complexity index is 1060. The van der Waals surface area contributed by atoms with Crippen molar-refractivity contribution < 1.29 is 23.5 Å². The normalized spacial score (nSPS) is 30.2. The van der Waals surface area contributed by atoms with Gasteiger partial charge in [-0.15, -0.1) is 0 Å². The lowest BCUT2D eigenvalue weighted by Crippen LogP contribution is -2.72. The molecule has 0 aliphatic heterocycles. The lowest BCUT2D eigenvalue weighted by molar-refractivity contribution is -0.184. The van der Waals surface area contributed by atoms with Crippen molar-refractivity contribution in [2.24, 2.45) is 17.8 Å². The Kier molecular flexibility index (Phi) is 6.94. The Hall–Kier alpha value is -2.67. The van der Waals surface area contributed by atoms with E-state index in [9.17, 15) is 9.59 Å². The molecule has 0 aromatic heterocycles. The van der Waals surface area contributed by atoms with Crippen LogP contribution < -0.4 is 5.32 Å². The minimum absolute atomic E-state index is 0.243. The third kappa shape index (κ3) is 5.33. The number of hydrogen-bond donors (Lipinski definition) is 1. The van der Waals surface area contributed by atoms with Crippen molar-refractivity contribution in [3.05, 3.63) is 71.8 Å². The van der Waals surface area contributed by atoms with Crippen LogP contribution in [0.15, 0.2) is 60.7 Å². The van der Waals surface area contributed by atoms with E-state index in [0.717, 1.165) is 17.2 Å². The summed E-state index contributed by atoms with van der Waals surface area (Å²) in [6.07, 6.45) is 1.29. The second-order valence-electron chi connectivity index (χ2n) is 12.5. The number of nitrogens with one attached hydrogen (secondary N) is 1. The van der Waals surface area contributed by atoms with E-state index in [0.29, 0.717) is 25.9 Å². The minimum Gasteiger partial charge on any atom is -0.451 e. The molecular weight excluding hydrogens is 485 g/mol. The van der Waals surface area contributed by atoms with Crippen LogP contribution in [0, 0.1) is 17.8 Å². The lowest BCUT2D eigenvalue weighted by atomic mass is 9.47. The summed E-state index contributed by atoms with van der Waals surface area (Å²) in [4.78, 5) is 27.4. The van der Waals surface area contributed by atoms with Crippen LogP contribution in [0.25, 0.3) is 0 Å². The Balaban J connectivity index is 1.45. The van der Waals surface area contributed by atoms with E-state index in [1.807, 2.05) is 60.7 Å². The zero-order valence-electron chi connectivity index (χ0n) is 22.0. The summed E-state index contributed by atoms with van der Waals surface area (Å²) in [5.74, 6) is -0.863. The molecule has 0 unspecified atom stereocenters. The van der Waals surface area contributed by atoms with E-state index >= 15 is 4.39 Å². The first-order chi connectivity index (χ1) is 17.6. The van der Waals surface area contributed by atoms with E-state index in [2.05, 4.69) is 25.0 Å². The number of hydrogen-bond acceptors (Lipinski definition) is 4. The highest BCUT2D eigenvalue weighted by atomic mass is 28.3. The molecule has 4 aliphatic rings. The monoisotopic (exact) mass is 523 g/mol. The average molecular weight is 524 g/mol. The van der Waals surface area contributed by atoms with Crippen molar-refractivity contribution in [2.75, 3.05) is 6.61 Å². The number of alkyl carbamates (subject to hydrolysis) is 1. The molecule has 4 saturated carbocycles. The average Bonchev–Trinajstić information content (AvgIpc) is 2.84. The molecule has 0 radical (unpaired) electrons. The number of carbonyl (C=O) groups excluding carboxylic acids is 2. The molecule has 4 fully saturated rings. The first kappa shape index (κ1) is 26.0. The summed E-state index contributed by atoms with van der Waals surface area (Å²) < 4.78 is 27.6. The topological polar surface area (TPSA) is 64.6 Å². The summed E-state index contributed by atoms with van der Waals surface area (Å²) in [6, 6.07) is 20.1. The molecule has 6 rings (SSSR count). The smallest absolute Gasteiger partial charge is 0.408 e. The van der Waals surface area contributed by atoms with Crippen molar-refractivity contribution in [1.82, 2.24) is 5.32 Å². The number of halogens is 1. The van der Waals surface area contributed by atoms with Gasteiger partial charge >= 0.3 is 12.1 Å². The van der Waals surface area contributed by atoms with Gasteiger partial charge in [0.25, 0.3) is 0 Å². The Morgan fingerprint density at radius 1 is 0.946 bits per heavy atom. The number of alkyl halides is 1. The molecule has 1 amide bonds. The van der Waals surface area contributed by atoms with Gasteiger partial charge in [0.1, 0.15) is 11.2 Å². The van der Waals surface area contributed by atoms with Gasteiger partial charge in [0.05, 0.1) is 6.61 Å². The summed E-state index contributed by atoms with van der Waals surface area (Å²) in [6.45, 7) is 6.98. The number of amides is 1. The Labute approximate surface area is 220 Å². The molecule has 2 aromatic rings. The van der Waals surface area contributed by atoms with Crippen molar-refractivity contribution >= 4 is 20.1 Å². The van der Waals surface area contributed by atoms with Crippen LogP contribution >= 0.6 is 0 Å². The number of rotatable bonds is 8. The SMILES string of the molecule is C[Si](C)(C)CCOC(=O)N[C@@]1(C(=O)OC(c2ccccc2)c2ccccc2)[C@@H]2C[C@@H]3C[C@H]1C[C@@](F)(C3)C2. The first-order valence-electron chi connectivity index (χ1n) is 13.5. The van der Waals surface area contributed by atoms with Gasteiger partial charge in [-0.1, -0.05) is 80.3 Å². The second-order valence-corrected chi connectivity index (χ2v) is 18.2. The van der Waals surface area contributed by atoms with Crippen LogP contribution in [0.5, 0.6) is 0 Å². The molecule has 4 aliphatic carbocycles. The highest BCUT2D eigenvalue weighted by molar-refractivity contribution is 6.76. The van der Waals surface area contributed by atoms with E-state index < -0.39 is 37.4 Å². The molecule has 0 saturated heterocycles. The predicted molar refractivity (Wildman–Crippen MR) is 144 cm³/mol. The predicted octanol–water partition coefficient (Wildman–Crippen LogP) is 6.67. The quantitative estimate of drug-likeness (QED) is 0.310. The van der Waals surface area contributed by atoms with Crippen molar-refractivity contribution in [3.8, 4) is 0 Å². The molecule has 4 bridgehead atoms. The van der Waals surface area contributed by atoms with E-state index in [1.54, 1.807) is 0 Å². The van der Waals surface area contributed by atoms with Crippen LogP contribution in [0.3, 0.4) is 0 Å².